The van der Waals surface area contributed by atoms with E-state index in [1.807, 2.05) is 26.0 Å². The number of aromatic hydroxyl groups is 1. The summed E-state index contributed by atoms with van der Waals surface area (Å²) in [6, 6.07) is 4.14. The van der Waals surface area contributed by atoms with E-state index in [1.165, 1.54) is 6.42 Å². The van der Waals surface area contributed by atoms with Crippen LogP contribution in [0.2, 0.25) is 0 Å². The smallest absolute Gasteiger partial charge is 0.224 e. The predicted molar refractivity (Wildman–Crippen MR) is 83.7 cm³/mol. The van der Waals surface area contributed by atoms with Gasteiger partial charge in [0.05, 0.1) is 0 Å². The SMILES string of the molecule is Cc1ccc(NC(=O)CCC2CCCN2)c(C)c1O.Cl. The van der Waals surface area contributed by atoms with E-state index in [4.69, 9.17) is 0 Å². The number of rotatable bonds is 4. The largest absolute Gasteiger partial charge is 0.507 e. The first-order valence-corrected chi connectivity index (χ1v) is 6.90. The number of amides is 1. The van der Waals surface area contributed by atoms with Crippen LogP contribution in [0.4, 0.5) is 5.69 Å². The lowest BCUT2D eigenvalue weighted by Crippen LogP contribution is -2.23. The molecule has 3 N–H and O–H groups in total. The molecule has 0 radical (unpaired) electrons. The summed E-state index contributed by atoms with van der Waals surface area (Å²) in [7, 11) is 0. The van der Waals surface area contributed by atoms with Gasteiger partial charge >= 0.3 is 0 Å². The minimum absolute atomic E-state index is 0. The summed E-state index contributed by atoms with van der Waals surface area (Å²) in [6.07, 6.45) is 3.77. The molecule has 1 fully saturated rings. The fraction of sp³-hybridized carbons (Fsp3) is 0.533. The number of phenolic OH excluding ortho intramolecular Hbond substituents is 1. The Kier molecular flexibility index (Phi) is 6.30. The zero-order valence-electron chi connectivity index (χ0n) is 12.0. The molecule has 4 nitrogen and oxygen atoms in total. The average Bonchev–Trinajstić information content (AvgIpc) is 2.90. The Labute approximate surface area is 126 Å². The predicted octanol–water partition coefficient (Wildman–Crippen LogP) is 2.90. The fourth-order valence-electron chi connectivity index (χ4n) is 2.49. The number of hydrogen-bond donors (Lipinski definition) is 3. The van der Waals surface area contributed by atoms with E-state index >= 15 is 0 Å². The average molecular weight is 299 g/mol. The molecule has 0 spiro atoms. The highest BCUT2D eigenvalue weighted by Crippen LogP contribution is 2.28. The van der Waals surface area contributed by atoms with E-state index in [1.54, 1.807) is 0 Å². The number of carbonyl (C=O) groups is 1. The number of aryl methyl sites for hydroxylation is 1. The summed E-state index contributed by atoms with van der Waals surface area (Å²) in [4.78, 5) is 11.9. The molecule has 0 aromatic heterocycles. The molecule has 1 amide bonds. The van der Waals surface area contributed by atoms with E-state index in [0.717, 1.165) is 30.5 Å². The molecule has 1 atom stereocenters. The van der Waals surface area contributed by atoms with Crippen molar-refractivity contribution >= 4 is 24.0 Å². The highest BCUT2D eigenvalue weighted by molar-refractivity contribution is 5.92. The van der Waals surface area contributed by atoms with Gasteiger partial charge in [0.15, 0.2) is 0 Å². The first kappa shape index (κ1) is 16.8. The molecule has 1 aliphatic rings. The van der Waals surface area contributed by atoms with Crippen LogP contribution >= 0.6 is 12.4 Å². The van der Waals surface area contributed by atoms with Gasteiger partial charge < -0.3 is 15.7 Å². The Morgan fingerprint density at radius 1 is 1.45 bits per heavy atom. The molecular weight excluding hydrogens is 276 g/mol. The number of nitrogens with one attached hydrogen (secondary N) is 2. The third-order valence-electron chi connectivity index (χ3n) is 3.79. The van der Waals surface area contributed by atoms with Gasteiger partial charge in [-0.1, -0.05) is 6.07 Å². The van der Waals surface area contributed by atoms with Gasteiger partial charge in [-0.3, -0.25) is 4.79 Å². The molecule has 5 heteroatoms. The van der Waals surface area contributed by atoms with Crippen LogP contribution in [0.3, 0.4) is 0 Å². The van der Waals surface area contributed by atoms with Gasteiger partial charge in [0.1, 0.15) is 5.75 Å². The highest BCUT2D eigenvalue weighted by Gasteiger charge is 2.16. The zero-order chi connectivity index (χ0) is 13.8. The Hall–Kier alpha value is -1.26. The summed E-state index contributed by atoms with van der Waals surface area (Å²) < 4.78 is 0. The van der Waals surface area contributed by atoms with E-state index in [9.17, 15) is 9.90 Å². The zero-order valence-corrected chi connectivity index (χ0v) is 12.8. The molecule has 0 aliphatic carbocycles. The molecule has 1 saturated heterocycles. The van der Waals surface area contributed by atoms with Crippen molar-refractivity contribution in [1.29, 1.82) is 0 Å². The first-order valence-electron chi connectivity index (χ1n) is 6.90. The second-order valence-electron chi connectivity index (χ2n) is 5.28. The van der Waals surface area contributed by atoms with Crippen LogP contribution in [-0.4, -0.2) is 23.6 Å². The number of hydrogen-bond acceptors (Lipinski definition) is 3. The van der Waals surface area contributed by atoms with Crippen LogP contribution in [-0.2, 0) is 4.79 Å². The summed E-state index contributed by atoms with van der Waals surface area (Å²) in [6.45, 7) is 4.73. The van der Waals surface area contributed by atoms with Crippen LogP contribution in [0.1, 0.15) is 36.8 Å². The Morgan fingerprint density at radius 3 is 2.85 bits per heavy atom. The Balaban J connectivity index is 0.00000200. The third kappa shape index (κ3) is 4.12. The second-order valence-corrected chi connectivity index (χ2v) is 5.28. The van der Waals surface area contributed by atoms with Crippen LogP contribution in [0, 0.1) is 13.8 Å². The second kappa shape index (κ2) is 7.50. The number of benzene rings is 1. The van der Waals surface area contributed by atoms with Crippen molar-refractivity contribution in [2.75, 3.05) is 11.9 Å². The van der Waals surface area contributed by atoms with Crippen LogP contribution < -0.4 is 10.6 Å². The van der Waals surface area contributed by atoms with Gasteiger partial charge in [0.2, 0.25) is 5.91 Å². The maximum absolute atomic E-state index is 11.9. The summed E-state index contributed by atoms with van der Waals surface area (Å²) in [5.41, 5.74) is 2.26. The van der Waals surface area contributed by atoms with E-state index < -0.39 is 0 Å². The van der Waals surface area contributed by atoms with Crippen LogP contribution in [0.5, 0.6) is 5.75 Å². The van der Waals surface area contributed by atoms with E-state index in [-0.39, 0.29) is 24.1 Å². The molecule has 112 valence electrons. The minimum Gasteiger partial charge on any atom is -0.507 e. The van der Waals surface area contributed by atoms with Crippen LogP contribution in [0.15, 0.2) is 12.1 Å². The maximum atomic E-state index is 11.9. The van der Waals surface area contributed by atoms with Gasteiger partial charge in [-0.15, -0.1) is 12.4 Å². The molecular formula is C15H23ClN2O2. The van der Waals surface area contributed by atoms with Crippen LogP contribution in [0.25, 0.3) is 0 Å². The van der Waals surface area contributed by atoms with Crippen molar-refractivity contribution < 1.29 is 9.90 Å². The topological polar surface area (TPSA) is 61.4 Å². The van der Waals surface area contributed by atoms with Crippen molar-refractivity contribution in [3.8, 4) is 5.75 Å². The van der Waals surface area contributed by atoms with Crippen molar-refractivity contribution in [2.45, 2.75) is 45.6 Å². The lowest BCUT2D eigenvalue weighted by Gasteiger charge is -2.13. The van der Waals surface area contributed by atoms with Gasteiger partial charge in [-0.05, 0) is 51.3 Å². The molecule has 1 aromatic carbocycles. The van der Waals surface area contributed by atoms with Gasteiger partial charge in [0, 0.05) is 23.7 Å². The van der Waals surface area contributed by atoms with Crippen molar-refractivity contribution in [3.63, 3.8) is 0 Å². The van der Waals surface area contributed by atoms with E-state index in [2.05, 4.69) is 10.6 Å². The van der Waals surface area contributed by atoms with Gasteiger partial charge in [-0.25, -0.2) is 0 Å². The standard InChI is InChI=1S/C15H22N2O2.ClH/c1-10-5-7-13(11(2)15(10)19)17-14(18)8-6-12-4-3-9-16-12;/h5,7,12,16,19H,3-4,6,8-9H2,1-2H3,(H,17,18);1H. The summed E-state index contributed by atoms with van der Waals surface area (Å²) in [5.74, 6) is 0.273. The summed E-state index contributed by atoms with van der Waals surface area (Å²) >= 11 is 0. The highest BCUT2D eigenvalue weighted by atomic mass is 35.5. The molecule has 0 saturated carbocycles. The van der Waals surface area contributed by atoms with E-state index in [0.29, 0.717) is 18.2 Å². The molecule has 0 bridgehead atoms. The molecule has 1 heterocycles. The molecule has 20 heavy (non-hydrogen) atoms. The number of phenols is 1. The monoisotopic (exact) mass is 298 g/mol. The van der Waals surface area contributed by atoms with Gasteiger partial charge in [-0.2, -0.15) is 0 Å². The number of halogens is 1. The Bertz CT molecular complexity index is 471. The van der Waals surface area contributed by atoms with Crippen molar-refractivity contribution in [1.82, 2.24) is 5.32 Å². The molecule has 1 aromatic rings. The minimum atomic E-state index is 0. The summed E-state index contributed by atoms with van der Waals surface area (Å²) in [5, 5.41) is 16.1. The normalized spacial score (nSPS) is 17.6. The Morgan fingerprint density at radius 2 is 2.20 bits per heavy atom. The lowest BCUT2D eigenvalue weighted by molar-refractivity contribution is -0.116. The van der Waals surface area contributed by atoms with Gasteiger partial charge in [0.25, 0.3) is 0 Å². The maximum Gasteiger partial charge on any atom is 0.224 e. The van der Waals surface area contributed by atoms with Crippen molar-refractivity contribution in [3.05, 3.63) is 23.3 Å². The lowest BCUT2D eigenvalue weighted by atomic mass is 10.1. The molecule has 1 aliphatic heterocycles. The quantitative estimate of drug-likeness (QED) is 0.801. The van der Waals surface area contributed by atoms with Crippen molar-refractivity contribution in [2.24, 2.45) is 0 Å². The number of anilines is 1. The molecule has 1 unspecified atom stereocenters. The third-order valence-corrected chi connectivity index (χ3v) is 3.79. The number of carbonyl (C=O) groups excluding carboxylic acids is 1. The first-order chi connectivity index (χ1) is 9.08. The fourth-order valence-corrected chi connectivity index (χ4v) is 2.49. The molecule has 2 rings (SSSR count).